The van der Waals surface area contributed by atoms with Crippen LogP contribution in [0.15, 0.2) is 0 Å². The predicted molar refractivity (Wildman–Crippen MR) is 102 cm³/mol. The van der Waals surface area contributed by atoms with E-state index in [1.807, 2.05) is 13.8 Å². The second kappa shape index (κ2) is 9.31. The lowest BCUT2D eigenvalue weighted by Crippen LogP contribution is -2.48. The highest BCUT2D eigenvalue weighted by Gasteiger charge is 2.23. The first-order chi connectivity index (χ1) is 12.0. The number of nitrogens with one attached hydrogen (secondary N) is 1. The van der Waals surface area contributed by atoms with Crippen LogP contribution in [0.5, 0.6) is 0 Å². The van der Waals surface area contributed by atoms with Crippen LogP contribution in [-0.2, 0) is 9.53 Å². The van der Waals surface area contributed by atoms with Gasteiger partial charge in [0, 0.05) is 31.1 Å². The number of anilines is 1. The molecule has 2 heterocycles. The molecule has 1 saturated heterocycles. The fourth-order valence-electron chi connectivity index (χ4n) is 3.02. The number of thiophene rings is 1. The molecule has 1 aliphatic heterocycles. The first-order valence-electron chi connectivity index (χ1n) is 8.97. The summed E-state index contributed by atoms with van der Waals surface area (Å²) in [5.74, 6) is -0.441. The molecule has 0 saturated carbocycles. The molecular formula is C18H29N3O3S. The minimum atomic E-state index is -0.368. The van der Waals surface area contributed by atoms with Crippen molar-refractivity contribution in [3.05, 3.63) is 16.0 Å². The molecule has 25 heavy (non-hydrogen) atoms. The molecular weight excluding hydrogens is 338 g/mol. The van der Waals surface area contributed by atoms with Gasteiger partial charge in [-0.25, -0.2) is 4.79 Å². The summed E-state index contributed by atoms with van der Waals surface area (Å²) >= 11 is 1.43. The number of piperazine rings is 1. The summed E-state index contributed by atoms with van der Waals surface area (Å²) in [6, 6.07) is 0. The number of esters is 1. The Hall–Kier alpha value is -1.44. The van der Waals surface area contributed by atoms with Crippen molar-refractivity contribution in [2.45, 2.75) is 34.1 Å². The van der Waals surface area contributed by atoms with Crippen molar-refractivity contribution in [3.63, 3.8) is 0 Å². The van der Waals surface area contributed by atoms with Crippen molar-refractivity contribution in [1.82, 2.24) is 9.80 Å². The Kier molecular flexibility index (Phi) is 7.40. The lowest BCUT2D eigenvalue weighted by molar-refractivity contribution is -0.117. The van der Waals surface area contributed by atoms with E-state index < -0.39 is 0 Å². The molecule has 0 aliphatic carbocycles. The van der Waals surface area contributed by atoms with E-state index in [0.29, 0.717) is 23.7 Å². The van der Waals surface area contributed by atoms with Gasteiger partial charge in [-0.05, 0) is 39.3 Å². The van der Waals surface area contributed by atoms with Gasteiger partial charge < -0.3 is 15.0 Å². The van der Waals surface area contributed by atoms with Crippen molar-refractivity contribution >= 4 is 28.2 Å². The lowest BCUT2D eigenvalue weighted by Gasteiger charge is -2.34. The number of carbonyl (C=O) groups is 2. The molecule has 7 heteroatoms. The van der Waals surface area contributed by atoms with Crippen LogP contribution in [0.3, 0.4) is 0 Å². The minimum absolute atomic E-state index is 0.0734. The molecule has 0 aromatic carbocycles. The largest absolute Gasteiger partial charge is 0.462 e. The number of amides is 1. The Balaban J connectivity index is 1.95. The molecule has 1 aliphatic rings. The van der Waals surface area contributed by atoms with E-state index in [0.717, 1.165) is 49.6 Å². The van der Waals surface area contributed by atoms with Gasteiger partial charge in [-0.1, -0.05) is 6.92 Å². The summed E-state index contributed by atoms with van der Waals surface area (Å²) in [4.78, 5) is 30.2. The normalized spacial score (nSPS) is 16.0. The fraction of sp³-hybridized carbons (Fsp3) is 0.667. The van der Waals surface area contributed by atoms with Gasteiger partial charge in [-0.2, -0.15) is 0 Å². The van der Waals surface area contributed by atoms with E-state index >= 15 is 0 Å². The van der Waals surface area contributed by atoms with Crippen LogP contribution in [0.25, 0.3) is 0 Å². The number of hydrogen-bond acceptors (Lipinski definition) is 6. The van der Waals surface area contributed by atoms with Gasteiger partial charge in [-0.15, -0.1) is 11.3 Å². The first kappa shape index (κ1) is 19.9. The second-order valence-corrected chi connectivity index (χ2v) is 7.60. The maximum atomic E-state index is 12.4. The van der Waals surface area contributed by atoms with Crippen molar-refractivity contribution in [3.8, 4) is 0 Å². The SMILES string of the molecule is CCCN1CCN(CC(=O)Nc2sc(C)c(C)c2C(=O)OCC)CC1. The van der Waals surface area contributed by atoms with Gasteiger partial charge in [0.1, 0.15) is 5.00 Å². The number of hydrogen-bond donors (Lipinski definition) is 1. The highest BCUT2D eigenvalue weighted by atomic mass is 32.1. The van der Waals surface area contributed by atoms with Gasteiger partial charge in [0.25, 0.3) is 0 Å². The van der Waals surface area contributed by atoms with Crippen LogP contribution in [0, 0.1) is 13.8 Å². The zero-order valence-electron chi connectivity index (χ0n) is 15.7. The maximum absolute atomic E-state index is 12.4. The molecule has 1 aromatic rings. The van der Waals surface area contributed by atoms with Gasteiger partial charge in [0.2, 0.25) is 5.91 Å². The van der Waals surface area contributed by atoms with Gasteiger partial charge in [-0.3, -0.25) is 9.69 Å². The molecule has 1 aromatic heterocycles. The van der Waals surface area contributed by atoms with Gasteiger partial charge in [0.05, 0.1) is 18.7 Å². The average molecular weight is 368 g/mol. The summed E-state index contributed by atoms with van der Waals surface area (Å²) < 4.78 is 5.13. The van der Waals surface area contributed by atoms with Crippen molar-refractivity contribution < 1.29 is 14.3 Å². The third kappa shape index (κ3) is 5.26. The van der Waals surface area contributed by atoms with Crippen LogP contribution in [-0.4, -0.2) is 67.6 Å². The molecule has 0 unspecified atom stereocenters. The van der Waals surface area contributed by atoms with Crippen LogP contribution < -0.4 is 5.32 Å². The number of rotatable bonds is 7. The highest BCUT2D eigenvalue weighted by molar-refractivity contribution is 7.16. The lowest BCUT2D eigenvalue weighted by atomic mass is 10.1. The van der Waals surface area contributed by atoms with E-state index in [2.05, 4.69) is 22.0 Å². The standard InChI is InChI=1S/C18H29N3O3S/c1-5-7-20-8-10-21(11-9-20)12-15(22)19-17-16(18(23)24-6-2)13(3)14(4)25-17/h5-12H2,1-4H3,(H,19,22). The number of nitrogens with zero attached hydrogens (tertiary/aromatic N) is 2. The number of carbonyl (C=O) groups excluding carboxylic acids is 2. The molecule has 1 fully saturated rings. The third-order valence-electron chi connectivity index (χ3n) is 4.49. The van der Waals surface area contributed by atoms with Gasteiger partial charge >= 0.3 is 5.97 Å². The Bertz CT molecular complexity index is 607. The molecule has 0 atom stereocenters. The monoisotopic (exact) mass is 367 g/mol. The molecule has 0 radical (unpaired) electrons. The Morgan fingerprint density at radius 2 is 1.76 bits per heavy atom. The highest BCUT2D eigenvalue weighted by Crippen LogP contribution is 2.33. The topological polar surface area (TPSA) is 61.9 Å². The minimum Gasteiger partial charge on any atom is -0.462 e. The van der Waals surface area contributed by atoms with Gasteiger partial charge in [0.15, 0.2) is 0 Å². The number of ether oxygens (including phenoxy) is 1. The van der Waals surface area contributed by atoms with Crippen molar-refractivity contribution in [2.75, 3.05) is 51.2 Å². The molecule has 6 nitrogen and oxygen atoms in total. The van der Waals surface area contributed by atoms with Crippen molar-refractivity contribution in [2.24, 2.45) is 0 Å². The van der Waals surface area contributed by atoms with E-state index in [9.17, 15) is 9.59 Å². The molecule has 2 rings (SSSR count). The maximum Gasteiger partial charge on any atom is 0.341 e. The summed E-state index contributed by atoms with van der Waals surface area (Å²) in [7, 11) is 0. The third-order valence-corrected chi connectivity index (χ3v) is 5.61. The van der Waals surface area contributed by atoms with Crippen LogP contribution >= 0.6 is 11.3 Å². The van der Waals surface area contributed by atoms with Crippen LogP contribution in [0.4, 0.5) is 5.00 Å². The van der Waals surface area contributed by atoms with Crippen molar-refractivity contribution in [1.29, 1.82) is 0 Å². The molecule has 0 spiro atoms. The Morgan fingerprint density at radius 1 is 1.12 bits per heavy atom. The van der Waals surface area contributed by atoms with E-state index in [1.54, 1.807) is 6.92 Å². The smallest absolute Gasteiger partial charge is 0.341 e. The average Bonchev–Trinajstić information content (AvgIpc) is 2.84. The zero-order chi connectivity index (χ0) is 18.4. The summed E-state index contributed by atoms with van der Waals surface area (Å²) in [5.41, 5.74) is 1.37. The second-order valence-electron chi connectivity index (χ2n) is 6.37. The Morgan fingerprint density at radius 3 is 2.36 bits per heavy atom. The molecule has 140 valence electrons. The van der Waals surface area contributed by atoms with Crippen LogP contribution in [0.2, 0.25) is 0 Å². The summed E-state index contributed by atoms with van der Waals surface area (Å²) in [6.07, 6.45) is 1.16. The van der Waals surface area contributed by atoms with E-state index in [4.69, 9.17) is 4.74 Å². The number of aryl methyl sites for hydroxylation is 1. The van der Waals surface area contributed by atoms with Crippen LogP contribution in [0.1, 0.15) is 41.1 Å². The predicted octanol–water partition coefficient (Wildman–Crippen LogP) is 2.51. The zero-order valence-corrected chi connectivity index (χ0v) is 16.5. The molecule has 1 amide bonds. The first-order valence-corrected chi connectivity index (χ1v) is 9.79. The fourth-order valence-corrected chi connectivity index (χ4v) is 4.09. The molecule has 0 bridgehead atoms. The Labute approximate surface area is 154 Å². The van der Waals surface area contributed by atoms with E-state index in [-0.39, 0.29) is 11.9 Å². The van der Waals surface area contributed by atoms with E-state index in [1.165, 1.54) is 11.3 Å². The molecule has 1 N–H and O–H groups in total. The quantitative estimate of drug-likeness (QED) is 0.751. The summed E-state index contributed by atoms with van der Waals surface area (Å²) in [6.45, 7) is 13.4. The summed E-state index contributed by atoms with van der Waals surface area (Å²) in [5, 5.41) is 3.52.